The maximum absolute atomic E-state index is 11.8. The van der Waals surface area contributed by atoms with Crippen molar-refractivity contribution in [2.24, 2.45) is 29.6 Å². The fourth-order valence-corrected chi connectivity index (χ4v) is 4.33. The molecule has 1 aliphatic heterocycles. The van der Waals surface area contributed by atoms with Gasteiger partial charge in [-0.15, -0.1) is 0 Å². The Bertz CT molecular complexity index is 389. The summed E-state index contributed by atoms with van der Waals surface area (Å²) in [5, 5.41) is 10.1. The van der Waals surface area contributed by atoms with Crippen LogP contribution in [0.2, 0.25) is 0 Å². The van der Waals surface area contributed by atoms with Crippen molar-refractivity contribution in [1.29, 1.82) is 0 Å². The molecule has 1 saturated heterocycles. The van der Waals surface area contributed by atoms with Gasteiger partial charge in [0.15, 0.2) is 0 Å². The SMILES string of the molecule is C=C1CC[C@H]2[C@@H](OC(=O)[C@H]2C)[C@@H]2[C@@H](C)[C@H](O)C[C@H]12. The fraction of sp³-hybridized carbons (Fsp3) is 0.800. The number of carbonyl (C=O) groups excluding carboxylic acids is 1. The maximum atomic E-state index is 11.8. The first kappa shape index (κ1) is 12.2. The Hall–Kier alpha value is -0.830. The number of fused-ring (bicyclic) bond motifs is 3. The Morgan fingerprint density at radius 1 is 1.39 bits per heavy atom. The van der Waals surface area contributed by atoms with Gasteiger partial charge in [-0.2, -0.15) is 0 Å². The highest BCUT2D eigenvalue weighted by Gasteiger charge is 2.55. The lowest BCUT2D eigenvalue weighted by Gasteiger charge is -2.29. The van der Waals surface area contributed by atoms with Gasteiger partial charge in [-0.25, -0.2) is 0 Å². The van der Waals surface area contributed by atoms with Crippen molar-refractivity contribution in [2.45, 2.75) is 45.3 Å². The third kappa shape index (κ3) is 1.56. The highest BCUT2D eigenvalue weighted by molar-refractivity contribution is 5.75. The molecule has 0 spiro atoms. The number of aliphatic hydroxyl groups is 1. The Kier molecular flexibility index (Phi) is 2.77. The van der Waals surface area contributed by atoms with Gasteiger partial charge in [-0.3, -0.25) is 4.79 Å². The monoisotopic (exact) mass is 250 g/mol. The lowest BCUT2D eigenvalue weighted by atomic mass is 9.78. The number of hydrogen-bond acceptors (Lipinski definition) is 3. The molecule has 100 valence electrons. The summed E-state index contributed by atoms with van der Waals surface area (Å²) in [5.74, 6) is 1.08. The molecule has 0 bridgehead atoms. The zero-order chi connectivity index (χ0) is 13.0. The topological polar surface area (TPSA) is 46.5 Å². The molecule has 0 aromatic carbocycles. The largest absolute Gasteiger partial charge is 0.462 e. The molecule has 3 heteroatoms. The molecule has 3 fully saturated rings. The van der Waals surface area contributed by atoms with E-state index in [1.165, 1.54) is 5.57 Å². The minimum absolute atomic E-state index is 0.00361. The predicted molar refractivity (Wildman–Crippen MR) is 67.7 cm³/mol. The van der Waals surface area contributed by atoms with Gasteiger partial charge in [0.25, 0.3) is 0 Å². The van der Waals surface area contributed by atoms with Gasteiger partial charge in [0.1, 0.15) is 6.10 Å². The van der Waals surface area contributed by atoms with Gasteiger partial charge in [-0.1, -0.05) is 26.0 Å². The number of ether oxygens (including phenoxy) is 1. The molecule has 3 nitrogen and oxygen atoms in total. The van der Waals surface area contributed by atoms with E-state index in [9.17, 15) is 9.90 Å². The van der Waals surface area contributed by atoms with Crippen molar-refractivity contribution < 1.29 is 14.6 Å². The molecule has 0 amide bonds. The van der Waals surface area contributed by atoms with Crippen molar-refractivity contribution >= 4 is 5.97 Å². The maximum Gasteiger partial charge on any atom is 0.309 e. The number of aliphatic hydroxyl groups excluding tert-OH is 1. The lowest BCUT2D eigenvalue weighted by Crippen LogP contribution is -2.33. The summed E-state index contributed by atoms with van der Waals surface area (Å²) < 4.78 is 5.65. The molecule has 0 aromatic rings. The van der Waals surface area contributed by atoms with Crippen molar-refractivity contribution in [3.8, 4) is 0 Å². The van der Waals surface area contributed by atoms with Gasteiger partial charge in [-0.05, 0) is 31.1 Å². The van der Waals surface area contributed by atoms with E-state index in [0.29, 0.717) is 11.8 Å². The van der Waals surface area contributed by atoms with Crippen molar-refractivity contribution in [3.63, 3.8) is 0 Å². The van der Waals surface area contributed by atoms with E-state index in [0.717, 1.165) is 19.3 Å². The van der Waals surface area contributed by atoms with Crippen LogP contribution in [0.25, 0.3) is 0 Å². The summed E-state index contributed by atoms with van der Waals surface area (Å²) >= 11 is 0. The first-order valence-corrected chi connectivity index (χ1v) is 7.07. The van der Waals surface area contributed by atoms with Crippen LogP contribution >= 0.6 is 0 Å². The highest BCUT2D eigenvalue weighted by atomic mass is 16.6. The Labute approximate surface area is 108 Å². The second kappa shape index (κ2) is 4.09. The van der Waals surface area contributed by atoms with E-state index >= 15 is 0 Å². The number of rotatable bonds is 0. The molecular formula is C15H22O3. The molecule has 1 heterocycles. The second-order valence-corrected chi connectivity index (χ2v) is 6.40. The summed E-state index contributed by atoms with van der Waals surface area (Å²) in [7, 11) is 0. The van der Waals surface area contributed by atoms with Gasteiger partial charge >= 0.3 is 5.97 Å². The fourth-order valence-electron chi connectivity index (χ4n) is 4.33. The average molecular weight is 250 g/mol. The van der Waals surface area contributed by atoms with E-state index in [4.69, 9.17) is 4.74 Å². The zero-order valence-electron chi connectivity index (χ0n) is 11.1. The third-order valence-electron chi connectivity index (χ3n) is 5.56. The molecule has 0 unspecified atom stereocenters. The minimum Gasteiger partial charge on any atom is -0.462 e. The van der Waals surface area contributed by atoms with E-state index in [-0.39, 0.29) is 35.9 Å². The Morgan fingerprint density at radius 3 is 2.83 bits per heavy atom. The van der Waals surface area contributed by atoms with Crippen LogP contribution in [0.15, 0.2) is 12.2 Å². The van der Waals surface area contributed by atoms with E-state index in [1.54, 1.807) is 0 Å². The van der Waals surface area contributed by atoms with Crippen LogP contribution in [-0.4, -0.2) is 23.3 Å². The Balaban J connectivity index is 1.96. The number of hydrogen-bond donors (Lipinski definition) is 1. The molecule has 3 aliphatic rings. The molecular weight excluding hydrogens is 228 g/mol. The first-order valence-electron chi connectivity index (χ1n) is 7.07. The molecule has 0 aromatic heterocycles. The molecule has 3 rings (SSSR count). The normalized spacial score (nSPS) is 51.6. The summed E-state index contributed by atoms with van der Waals surface area (Å²) in [6.45, 7) is 8.27. The summed E-state index contributed by atoms with van der Waals surface area (Å²) in [5.41, 5.74) is 1.25. The summed E-state index contributed by atoms with van der Waals surface area (Å²) in [6, 6.07) is 0. The van der Waals surface area contributed by atoms with Gasteiger partial charge in [0.2, 0.25) is 0 Å². The quantitative estimate of drug-likeness (QED) is 0.529. The summed E-state index contributed by atoms with van der Waals surface area (Å²) in [4.78, 5) is 11.8. The van der Waals surface area contributed by atoms with Gasteiger partial charge in [0.05, 0.1) is 12.0 Å². The van der Waals surface area contributed by atoms with E-state index < -0.39 is 0 Å². The van der Waals surface area contributed by atoms with Gasteiger partial charge in [0, 0.05) is 11.8 Å². The molecule has 2 saturated carbocycles. The van der Waals surface area contributed by atoms with Crippen molar-refractivity contribution in [1.82, 2.24) is 0 Å². The third-order valence-corrected chi connectivity index (χ3v) is 5.56. The Morgan fingerprint density at radius 2 is 2.11 bits per heavy atom. The molecule has 2 aliphatic carbocycles. The minimum atomic E-state index is -0.273. The van der Waals surface area contributed by atoms with Crippen molar-refractivity contribution in [3.05, 3.63) is 12.2 Å². The van der Waals surface area contributed by atoms with E-state index in [2.05, 4.69) is 13.5 Å². The number of allylic oxidation sites excluding steroid dienone is 1. The molecule has 18 heavy (non-hydrogen) atoms. The van der Waals surface area contributed by atoms with Crippen molar-refractivity contribution in [2.75, 3.05) is 0 Å². The lowest BCUT2D eigenvalue weighted by molar-refractivity contribution is -0.146. The van der Waals surface area contributed by atoms with Crippen LogP contribution in [0.5, 0.6) is 0 Å². The number of esters is 1. The smallest absolute Gasteiger partial charge is 0.309 e. The van der Waals surface area contributed by atoms with Crippen LogP contribution in [0, 0.1) is 29.6 Å². The zero-order valence-corrected chi connectivity index (χ0v) is 11.1. The van der Waals surface area contributed by atoms with Gasteiger partial charge < -0.3 is 9.84 Å². The molecule has 7 atom stereocenters. The number of carbonyl (C=O) groups is 1. The van der Waals surface area contributed by atoms with Crippen LogP contribution in [-0.2, 0) is 9.53 Å². The average Bonchev–Trinajstić information content (AvgIpc) is 2.72. The molecule has 0 radical (unpaired) electrons. The van der Waals surface area contributed by atoms with Crippen LogP contribution in [0.1, 0.15) is 33.1 Å². The van der Waals surface area contributed by atoms with Crippen LogP contribution < -0.4 is 0 Å². The first-order chi connectivity index (χ1) is 8.50. The summed E-state index contributed by atoms with van der Waals surface area (Å²) in [6.07, 6.45) is 2.50. The standard InChI is InChI=1S/C15H22O3/c1-7-4-5-10-8(2)15(17)18-14(10)13-9(3)12(16)6-11(7)13/h8-14,16H,1,4-6H2,2-3H3/t8-,9-,10+,11+,12+,13+,14+/m0/s1. The van der Waals surface area contributed by atoms with Crippen LogP contribution in [0.4, 0.5) is 0 Å². The highest BCUT2D eigenvalue weighted by Crippen LogP contribution is 2.52. The second-order valence-electron chi connectivity index (χ2n) is 6.40. The predicted octanol–water partition coefficient (Wildman–Crippen LogP) is 2.15. The molecule has 1 N–H and O–H groups in total. The van der Waals surface area contributed by atoms with E-state index in [1.807, 2.05) is 6.92 Å². The van der Waals surface area contributed by atoms with Crippen LogP contribution in [0.3, 0.4) is 0 Å².